The molecule has 2 atom stereocenters. The molecule has 0 spiro atoms. The summed E-state index contributed by atoms with van der Waals surface area (Å²) < 4.78 is 57.1. The Bertz CT molecular complexity index is 1450. The molecule has 1 N–H and O–H groups in total. The number of piperidine rings is 1. The fourth-order valence-electron chi connectivity index (χ4n) is 5.29. The van der Waals surface area contributed by atoms with E-state index >= 15 is 4.39 Å². The van der Waals surface area contributed by atoms with Gasteiger partial charge >= 0.3 is 0 Å². The molecule has 2 unspecified atom stereocenters. The zero-order chi connectivity index (χ0) is 27.7. The van der Waals surface area contributed by atoms with Gasteiger partial charge in [-0.1, -0.05) is 25.1 Å². The van der Waals surface area contributed by atoms with Crippen LogP contribution in [-0.4, -0.2) is 70.4 Å². The van der Waals surface area contributed by atoms with Crippen molar-refractivity contribution in [1.29, 1.82) is 0 Å². The Labute approximate surface area is 231 Å². The summed E-state index contributed by atoms with van der Waals surface area (Å²) in [6.07, 6.45) is 4.39. The molecular weight excluding hydrogens is 544 g/mol. The van der Waals surface area contributed by atoms with Gasteiger partial charge in [-0.3, -0.25) is 4.40 Å². The molecule has 8 nitrogen and oxygen atoms in total. The molecule has 1 fully saturated rings. The number of amidine groups is 1. The summed E-state index contributed by atoms with van der Waals surface area (Å²) in [5.41, 5.74) is 2.07. The summed E-state index contributed by atoms with van der Waals surface area (Å²) in [4.78, 5) is 11.3. The van der Waals surface area contributed by atoms with Gasteiger partial charge in [-0.2, -0.15) is 0 Å². The van der Waals surface area contributed by atoms with Crippen LogP contribution < -0.4 is 4.90 Å². The third-order valence-electron chi connectivity index (χ3n) is 7.43. The minimum absolute atomic E-state index is 0.0334. The molecule has 0 aliphatic carbocycles. The fourth-order valence-corrected chi connectivity index (χ4v) is 7.78. The van der Waals surface area contributed by atoms with Gasteiger partial charge in [0.1, 0.15) is 23.3 Å². The SMILES string of the molecule is CCc1nc2ccc(C3CCN(S(=O)(=O)CCCO)CC3)cn2c1N(C)C1=NC(c2ccc(F)cc2)C(F)S1. The molecule has 39 heavy (non-hydrogen) atoms. The van der Waals surface area contributed by atoms with Crippen LogP contribution in [0.15, 0.2) is 47.6 Å². The van der Waals surface area contributed by atoms with Crippen LogP contribution in [0.5, 0.6) is 0 Å². The van der Waals surface area contributed by atoms with Gasteiger partial charge in [0, 0.05) is 32.9 Å². The van der Waals surface area contributed by atoms with Crippen molar-refractivity contribution in [1.82, 2.24) is 13.7 Å². The number of aliphatic hydroxyl groups excluding tert-OH is 1. The lowest BCUT2D eigenvalue weighted by atomic mass is 9.91. The lowest BCUT2D eigenvalue weighted by molar-refractivity contribution is 0.290. The second kappa shape index (κ2) is 11.5. The maximum atomic E-state index is 15.1. The predicted octanol–water partition coefficient (Wildman–Crippen LogP) is 4.50. The number of aliphatic hydroxyl groups is 1. The number of halogens is 2. The number of rotatable bonds is 8. The minimum atomic E-state index is -3.36. The number of fused-ring (bicyclic) bond motifs is 1. The lowest BCUT2D eigenvalue weighted by Crippen LogP contribution is -2.39. The number of pyridine rings is 1. The lowest BCUT2D eigenvalue weighted by Gasteiger charge is -2.31. The number of hydrogen-bond acceptors (Lipinski definition) is 7. The average molecular weight is 578 g/mol. The van der Waals surface area contributed by atoms with Gasteiger partial charge in [-0.25, -0.2) is 31.5 Å². The van der Waals surface area contributed by atoms with Gasteiger partial charge in [0.05, 0.1) is 11.4 Å². The molecule has 2 aliphatic heterocycles. The van der Waals surface area contributed by atoms with Crippen molar-refractivity contribution in [3.63, 3.8) is 0 Å². The monoisotopic (exact) mass is 577 g/mol. The molecule has 12 heteroatoms. The summed E-state index contributed by atoms with van der Waals surface area (Å²) in [7, 11) is -1.50. The second-order valence-corrected chi connectivity index (χ2v) is 13.1. The normalized spacial score (nSPS) is 21.0. The van der Waals surface area contributed by atoms with Crippen LogP contribution in [0, 0.1) is 5.82 Å². The summed E-state index contributed by atoms with van der Waals surface area (Å²) in [6.45, 7) is 2.78. The smallest absolute Gasteiger partial charge is 0.214 e. The van der Waals surface area contributed by atoms with E-state index in [-0.39, 0.29) is 30.5 Å². The number of nitrogens with zero attached hydrogens (tertiary/aromatic N) is 5. The van der Waals surface area contributed by atoms with E-state index in [0.717, 1.165) is 34.5 Å². The summed E-state index contributed by atoms with van der Waals surface area (Å²) >= 11 is 1.04. The highest BCUT2D eigenvalue weighted by Gasteiger charge is 2.35. The van der Waals surface area contributed by atoms with Gasteiger partial charge < -0.3 is 10.0 Å². The number of aromatic nitrogens is 2. The number of thioether (sulfide) groups is 1. The highest BCUT2D eigenvalue weighted by molar-refractivity contribution is 8.14. The van der Waals surface area contributed by atoms with E-state index < -0.39 is 21.6 Å². The molecule has 0 amide bonds. The highest BCUT2D eigenvalue weighted by atomic mass is 32.2. The van der Waals surface area contributed by atoms with Crippen LogP contribution in [0.2, 0.25) is 0 Å². The number of hydrogen-bond donors (Lipinski definition) is 1. The molecule has 1 saturated heterocycles. The Morgan fingerprint density at radius 3 is 2.49 bits per heavy atom. The summed E-state index contributed by atoms with van der Waals surface area (Å²) in [6, 6.07) is 9.09. The molecule has 0 saturated carbocycles. The predicted molar refractivity (Wildman–Crippen MR) is 151 cm³/mol. The van der Waals surface area contributed by atoms with Crippen LogP contribution >= 0.6 is 11.8 Å². The first-order valence-corrected chi connectivity index (χ1v) is 15.7. The van der Waals surface area contributed by atoms with Gasteiger partial charge in [0.25, 0.3) is 0 Å². The zero-order valence-electron chi connectivity index (χ0n) is 22.0. The third kappa shape index (κ3) is 5.70. The molecule has 2 aliphatic rings. The quantitative estimate of drug-likeness (QED) is 0.424. The van der Waals surface area contributed by atoms with Crippen molar-refractivity contribution >= 4 is 38.4 Å². The molecule has 0 radical (unpaired) electrons. The Morgan fingerprint density at radius 2 is 1.82 bits per heavy atom. The van der Waals surface area contributed by atoms with E-state index in [1.807, 2.05) is 29.3 Å². The Morgan fingerprint density at radius 1 is 1.13 bits per heavy atom. The standard InChI is InChI=1S/C27H33F2N5O3S2/c1-3-22-26(32(2)27-31-24(25(29)38-27)19-5-8-21(28)9-6-19)34-17-20(7-10-23(34)30-22)18-11-13-33(14-12-18)39(36,37)16-4-15-35/h5-10,17-18,24-25,35H,3-4,11-16H2,1-2H3. The fraction of sp³-hybridized carbons (Fsp3) is 0.481. The van der Waals surface area contributed by atoms with Crippen LogP contribution in [0.1, 0.15) is 55.0 Å². The first kappa shape index (κ1) is 28.0. The largest absolute Gasteiger partial charge is 0.396 e. The van der Waals surface area contributed by atoms with Gasteiger partial charge in [0.15, 0.2) is 10.7 Å². The number of alkyl halides is 1. The number of imidazole rings is 1. The number of anilines is 1. The van der Waals surface area contributed by atoms with Crippen molar-refractivity contribution in [2.75, 3.05) is 37.4 Å². The topological polar surface area (TPSA) is 90.5 Å². The Kier molecular flexibility index (Phi) is 8.27. The van der Waals surface area contributed by atoms with E-state index in [2.05, 4.69) is 17.3 Å². The van der Waals surface area contributed by atoms with Crippen molar-refractivity contribution in [3.8, 4) is 0 Å². The van der Waals surface area contributed by atoms with Gasteiger partial charge in [-0.15, -0.1) is 0 Å². The van der Waals surface area contributed by atoms with Gasteiger partial charge in [0.2, 0.25) is 10.0 Å². The molecule has 2 aromatic heterocycles. The maximum Gasteiger partial charge on any atom is 0.214 e. The first-order chi connectivity index (χ1) is 18.7. The van der Waals surface area contributed by atoms with Crippen molar-refractivity contribution in [3.05, 3.63) is 65.2 Å². The van der Waals surface area contributed by atoms with Crippen molar-refractivity contribution in [2.45, 2.75) is 50.1 Å². The maximum absolute atomic E-state index is 15.1. The number of sulfonamides is 1. The van der Waals surface area contributed by atoms with Crippen LogP contribution in [0.3, 0.4) is 0 Å². The highest BCUT2D eigenvalue weighted by Crippen LogP contribution is 2.41. The van der Waals surface area contributed by atoms with Crippen molar-refractivity contribution < 1.29 is 22.3 Å². The number of aliphatic imine (C=N–C) groups is 1. The van der Waals surface area contributed by atoms with Crippen LogP contribution in [0.4, 0.5) is 14.6 Å². The van der Waals surface area contributed by atoms with Crippen molar-refractivity contribution in [2.24, 2.45) is 4.99 Å². The Balaban J connectivity index is 1.39. The third-order valence-corrected chi connectivity index (χ3v) is 10.5. The Hall–Kier alpha value is -2.54. The van der Waals surface area contributed by atoms with E-state index in [9.17, 15) is 12.8 Å². The van der Waals surface area contributed by atoms with Gasteiger partial charge in [-0.05, 0) is 72.7 Å². The molecule has 3 aromatic rings. The molecule has 0 bridgehead atoms. The minimum Gasteiger partial charge on any atom is -0.396 e. The van der Waals surface area contributed by atoms with E-state index in [4.69, 9.17) is 10.1 Å². The molecule has 210 valence electrons. The molecule has 1 aromatic carbocycles. The first-order valence-electron chi connectivity index (χ1n) is 13.2. The molecular formula is C27H33F2N5O3S2. The van der Waals surface area contributed by atoms with Crippen LogP contribution in [0.25, 0.3) is 5.65 Å². The molecule has 5 rings (SSSR count). The summed E-state index contributed by atoms with van der Waals surface area (Å²) in [5, 5.41) is 9.54. The van der Waals surface area contributed by atoms with Crippen LogP contribution in [-0.2, 0) is 16.4 Å². The number of benzene rings is 1. The summed E-state index contributed by atoms with van der Waals surface area (Å²) in [5.74, 6) is 0.607. The molecule has 4 heterocycles. The average Bonchev–Trinajstić information content (AvgIpc) is 3.52. The van der Waals surface area contributed by atoms with E-state index in [1.54, 1.807) is 12.1 Å². The zero-order valence-corrected chi connectivity index (χ0v) is 23.6. The van der Waals surface area contributed by atoms with E-state index in [1.165, 1.54) is 16.4 Å². The second-order valence-electron chi connectivity index (χ2n) is 9.93. The number of aryl methyl sites for hydroxylation is 1. The van der Waals surface area contributed by atoms with E-state index in [0.29, 0.717) is 43.1 Å².